The van der Waals surface area contributed by atoms with Crippen LogP contribution in [0.1, 0.15) is 27.6 Å². The van der Waals surface area contributed by atoms with E-state index < -0.39 is 30.5 Å². The number of nitrogens with zero attached hydrogens (tertiary/aromatic N) is 1. The second kappa shape index (κ2) is 11.1. The number of anilines is 2. The first kappa shape index (κ1) is 24.5. The van der Waals surface area contributed by atoms with E-state index in [-0.39, 0.29) is 28.4 Å². The van der Waals surface area contributed by atoms with Crippen LogP contribution in [0.15, 0.2) is 52.5 Å². The van der Waals surface area contributed by atoms with Crippen LogP contribution in [0.3, 0.4) is 0 Å². The number of hydrogen-bond acceptors (Lipinski definition) is 9. The topological polar surface area (TPSA) is 124 Å². The summed E-state index contributed by atoms with van der Waals surface area (Å²) >= 11 is 1.11. The molecule has 1 aromatic carbocycles. The normalized spacial score (nSPS) is 10.3. The molecule has 2 aromatic heterocycles. The number of thiophene rings is 1. The van der Waals surface area contributed by atoms with Crippen LogP contribution in [0.5, 0.6) is 0 Å². The first-order valence-electron chi connectivity index (χ1n) is 10.1. The van der Waals surface area contributed by atoms with E-state index in [1.165, 1.54) is 26.5 Å². The molecule has 0 saturated heterocycles. The third kappa shape index (κ3) is 5.44. The van der Waals surface area contributed by atoms with E-state index >= 15 is 0 Å². The number of furan rings is 1. The van der Waals surface area contributed by atoms with Crippen molar-refractivity contribution in [3.63, 3.8) is 0 Å². The Labute approximate surface area is 199 Å². The minimum Gasteiger partial charge on any atom is -0.464 e. The first-order valence-corrected chi connectivity index (χ1v) is 11.0. The number of para-hydroxylation sites is 1. The Morgan fingerprint density at radius 1 is 1.06 bits per heavy atom. The third-order valence-corrected chi connectivity index (χ3v) is 5.47. The van der Waals surface area contributed by atoms with Crippen molar-refractivity contribution in [2.45, 2.75) is 6.92 Å². The van der Waals surface area contributed by atoms with E-state index in [0.717, 1.165) is 16.2 Å². The maximum atomic E-state index is 12.6. The number of benzene rings is 1. The van der Waals surface area contributed by atoms with E-state index in [2.05, 4.69) is 10.1 Å². The summed E-state index contributed by atoms with van der Waals surface area (Å²) in [5, 5.41) is 4.47. The van der Waals surface area contributed by atoms with Crippen molar-refractivity contribution in [3.8, 4) is 11.3 Å². The van der Waals surface area contributed by atoms with Crippen molar-refractivity contribution in [2.24, 2.45) is 0 Å². The van der Waals surface area contributed by atoms with Crippen molar-refractivity contribution in [1.82, 2.24) is 0 Å². The van der Waals surface area contributed by atoms with Crippen LogP contribution in [-0.4, -0.2) is 51.3 Å². The van der Waals surface area contributed by atoms with E-state index in [4.69, 9.17) is 13.9 Å². The molecule has 11 heteroatoms. The summed E-state index contributed by atoms with van der Waals surface area (Å²) in [4.78, 5) is 50.6. The van der Waals surface area contributed by atoms with Crippen molar-refractivity contribution in [2.75, 3.05) is 37.6 Å². The Balaban J connectivity index is 1.72. The fraction of sp³-hybridized carbons (Fsp3) is 0.217. The molecular formula is C23H22N2O8S. The van der Waals surface area contributed by atoms with Gasteiger partial charge in [-0.2, -0.15) is 0 Å². The summed E-state index contributed by atoms with van der Waals surface area (Å²) in [6.07, 6.45) is 0.796. The van der Waals surface area contributed by atoms with Crippen LogP contribution in [0, 0.1) is 0 Å². The fourth-order valence-corrected chi connectivity index (χ4v) is 3.97. The number of carbonyl (C=O) groups excluding carboxylic acids is 4. The molecule has 178 valence electrons. The Bertz CT molecular complexity index is 1190. The van der Waals surface area contributed by atoms with Crippen LogP contribution < -0.4 is 10.2 Å². The van der Waals surface area contributed by atoms with Gasteiger partial charge in [-0.1, -0.05) is 12.1 Å². The standard InChI is InChI=1S/C23H22N2O8S/c1-4-31-22(28)19-15(17-10-7-11-32-17)13-34-20(19)24-18(26)12-33-21(27)14-8-5-6-9-16(14)25(2)23(29)30-3/h5-11,13H,4,12H2,1-3H3,(H,24,26). The van der Waals surface area contributed by atoms with Gasteiger partial charge >= 0.3 is 18.0 Å². The zero-order valence-corrected chi connectivity index (χ0v) is 19.5. The van der Waals surface area contributed by atoms with Gasteiger partial charge in [0.25, 0.3) is 5.91 Å². The lowest BCUT2D eigenvalue weighted by Gasteiger charge is -2.18. The molecule has 0 aliphatic heterocycles. The van der Waals surface area contributed by atoms with Gasteiger partial charge in [0.1, 0.15) is 16.3 Å². The van der Waals surface area contributed by atoms with Crippen molar-refractivity contribution in [1.29, 1.82) is 0 Å². The minimum atomic E-state index is -0.811. The Morgan fingerprint density at radius 3 is 2.50 bits per heavy atom. The largest absolute Gasteiger partial charge is 0.464 e. The monoisotopic (exact) mass is 486 g/mol. The van der Waals surface area contributed by atoms with Gasteiger partial charge in [-0.05, 0) is 31.2 Å². The smallest absolute Gasteiger partial charge is 0.413 e. The van der Waals surface area contributed by atoms with Crippen LogP contribution >= 0.6 is 11.3 Å². The average molecular weight is 487 g/mol. The quantitative estimate of drug-likeness (QED) is 0.371. The summed E-state index contributed by atoms with van der Waals surface area (Å²) in [6, 6.07) is 9.60. The fourth-order valence-electron chi connectivity index (χ4n) is 3.01. The highest BCUT2D eigenvalue weighted by Crippen LogP contribution is 2.36. The van der Waals surface area contributed by atoms with E-state index in [1.807, 2.05) is 0 Å². The number of rotatable bonds is 8. The number of amides is 2. The molecule has 0 fully saturated rings. The summed E-state index contributed by atoms with van der Waals surface area (Å²) in [6.45, 7) is 1.20. The molecule has 0 aliphatic rings. The maximum Gasteiger partial charge on any atom is 0.413 e. The number of carbonyl (C=O) groups is 4. The average Bonchev–Trinajstić information content (AvgIpc) is 3.51. The molecule has 0 spiro atoms. The zero-order valence-electron chi connectivity index (χ0n) is 18.7. The van der Waals surface area contributed by atoms with Crippen LogP contribution in [0.4, 0.5) is 15.5 Å². The molecule has 3 aromatic rings. The van der Waals surface area contributed by atoms with Gasteiger partial charge in [0, 0.05) is 18.0 Å². The summed E-state index contributed by atoms with van der Waals surface area (Å²) < 4.78 is 20.3. The lowest BCUT2D eigenvalue weighted by atomic mass is 10.1. The van der Waals surface area contributed by atoms with E-state index in [9.17, 15) is 19.2 Å². The molecule has 0 unspecified atom stereocenters. The molecule has 10 nitrogen and oxygen atoms in total. The maximum absolute atomic E-state index is 12.6. The lowest BCUT2D eigenvalue weighted by Crippen LogP contribution is -2.28. The predicted octanol–water partition coefficient (Wildman–Crippen LogP) is 4.18. The molecule has 0 radical (unpaired) electrons. The number of nitrogens with one attached hydrogen (secondary N) is 1. The Kier molecular flexibility index (Phi) is 8.04. The van der Waals surface area contributed by atoms with Gasteiger partial charge in [0.15, 0.2) is 6.61 Å². The van der Waals surface area contributed by atoms with Gasteiger partial charge in [0.05, 0.1) is 31.2 Å². The summed E-state index contributed by atoms with van der Waals surface area (Å²) in [5.41, 5.74) is 0.949. The zero-order chi connectivity index (χ0) is 24.7. The van der Waals surface area contributed by atoms with Gasteiger partial charge in [-0.3, -0.25) is 9.69 Å². The second-order valence-electron chi connectivity index (χ2n) is 6.72. The molecular weight excluding hydrogens is 464 g/mol. The van der Waals surface area contributed by atoms with Crippen LogP contribution in [-0.2, 0) is 19.0 Å². The lowest BCUT2D eigenvalue weighted by molar-refractivity contribution is -0.119. The Hall–Kier alpha value is -4.12. The molecule has 0 atom stereocenters. The van der Waals surface area contributed by atoms with E-state index in [1.54, 1.807) is 42.6 Å². The molecule has 0 bridgehead atoms. The predicted molar refractivity (Wildman–Crippen MR) is 124 cm³/mol. The highest BCUT2D eigenvalue weighted by Gasteiger charge is 2.25. The number of esters is 2. The number of hydrogen-bond donors (Lipinski definition) is 1. The van der Waals surface area contributed by atoms with Crippen molar-refractivity contribution >= 4 is 46.0 Å². The molecule has 0 aliphatic carbocycles. The van der Waals surface area contributed by atoms with Crippen LogP contribution in [0.2, 0.25) is 0 Å². The molecule has 2 amide bonds. The Morgan fingerprint density at radius 2 is 1.82 bits per heavy atom. The molecule has 1 N–H and O–H groups in total. The van der Waals surface area contributed by atoms with E-state index in [0.29, 0.717) is 11.3 Å². The first-order chi connectivity index (χ1) is 16.4. The molecule has 2 heterocycles. The molecule has 34 heavy (non-hydrogen) atoms. The molecule has 0 saturated carbocycles. The van der Waals surface area contributed by atoms with Gasteiger partial charge in [-0.25, -0.2) is 14.4 Å². The highest BCUT2D eigenvalue weighted by atomic mass is 32.1. The van der Waals surface area contributed by atoms with Gasteiger partial charge in [0.2, 0.25) is 0 Å². The summed E-state index contributed by atoms with van der Waals surface area (Å²) in [7, 11) is 2.66. The van der Waals surface area contributed by atoms with Crippen molar-refractivity contribution < 1.29 is 37.8 Å². The van der Waals surface area contributed by atoms with Crippen molar-refractivity contribution in [3.05, 3.63) is 59.2 Å². The second-order valence-corrected chi connectivity index (χ2v) is 7.60. The summed E-state index contributed by atoms with van der Waals surface area (Å²) in [5.74, 6) is -1.65. The third-order valence-electron chi connectivity index (χ3n) is 4.58. The molecule has 3 rings (SSSR count). The van der Waals surface area contributed by atoms with Gasteiger partial charge in [-0.15, -0.1) is 11.3 Å². The number of ether oxygens (including phenoxy) is 3. The van der Waals surface area contributed by atoms with Gasteiger partial charge < -0.3 is 23.9 Å². The highest BCUT2D eigenvalue weighted by molar-refractivity contribution is 7.15. The number of methoxy groups -OCH3 is 1. The van der Waals surface area contributed by atoms with Crippen LogP contribution in [0.25, 0.3) is 11.3 Å². The minimum absolute atomic E-state index is 0.0756. The SMILES string of the molecule is CCOC(=O)c1c(-c2ccco2)csc1NC(=O)COC(=O)c1ccccc1N(C)C(=O)OC.